The van der Waals surface area contributed by atoms with Crippen LogP contribution < -0.4 is 5.43 Å². The fourth-order valence-electron chi connectivity index (χ4n) is 3.34. The summed E-state index contributed by atoms with van der Waals surface area (Å²) >= 11 is 3.39. The van der Waals surface area contributed by atoms with Gasteiger partial charge in [0.25, 0.3) is 5.91 Å². The maximum Gasteiger partial charge on any atom is 0.272 e. The Hall–Kier alpha value is -1.94. The molecule has 0 aromatic heterocycles. The van der Waals surface area contributed by atoms with E-state index >= 15 is 0 Å². The number of carbonyl (C=O) groups excluding carboxylic acids is 1. The van der Waals surface area contributed by atoms with E-state index in [4.69, 9.17) is 0 Å². The Kier molecular flexibility index (Phi) is 6.03. The molecule has 0 atom stereocenters. The zero-order chi connectivity index (χ0) is 17.6. The van der Waals surface area contributed by atoms with Gasteiger partial charge in [-0.2, -0.15) is 5.10 Å². The summed E-state index contributed by atoms with van der Waals surface area (Å²) in [7, 11) is 0. The van der Waals surface area contributed by atoms with Crippen LogP contribution in [0, 0.1) is 0 Å². The van der Waals surface area contributed by atoms with E-state index in [0.717, 1.165) is 15.7 Å². The third-order valence-corrected chi connectivity index (χ3v) is 5.54. The highest BCUT2D eigenvalue weighted by Crippen LogP contribution is 2.32. The van der Waals surface area contributed by atoms with Gasteiger partial charge in [-0.1, -0.05) is 55.7 Å². The minimum absolute atomic E-state index is 0.217. The number of nitrogens with zero attached hydrogens (tertiary/aromatic N) is 1. The van der Waals surface area contributed by atoms with Crippen LogP contribution in [0.15, 0.2) is 58.1 Å². The van der Waals surface area contributed by atoms with Crippen LogP contribution in [0.4, 0.5) is 0 Å². The average Bonchev–Trinajstić information content (AvgIpc) is 2.67. The maximum absolute atomic E-state index is 12.2. The number of hydrazone groups is 1. The lowest BCUT2D eigenvalue weighted by Crippen LogP contribution is -2.19. The molecule has 2 aromatic rings. The quantitative estimate of drug-likeness (QED) is 0.524. The standard InChI is InChI=1S/C21H23BrN2O/c1-15(23-24-21(25)19-9-5-6-10-20(19)22)16-11-13-18(14-12-16)17-7-3-2-4-8-17/h5-6,9-14,17H,2-4,7-8H2,1H3,(H,24,25). The summed E-state index contributed by atoms with van der Waals surface area (Å²) in [6.45, 7) is 1.91. The summed E-state index contributed by atoms with van der Waals surface area (Å²) in [6, 6.07) is 15.9. The van der Waals surface area contributed by atoms with Gasteiger partial charge in [0.15, 0.2) is 0 Å². The Bertz CT molecular complexity index is 762. The highest BCUT2D eigenvalue weighted by molar-refractivity contribution is 9.10. The third-order valence-electron chi connectivity index (χ3n) is 4.85. The Morgan fingerprint density at radius 2 is 1.72 bits per heavy atom. The second-order valence-electron chi connectivity index (χ2n) is 6.57. The second-order valence-corrected chi connectivity index (χ2v) is 7.43. The summed E-state index contributed by atoms with van der Waals surface area (Å²) in [5, 5.41) is 4.25. The van der Waals surface area contributed by atoms with E-state index < -0.39 is 0 Å². The van der Waals surface area contributed by atoms with Gasteiger partial charge >= 0.3 is 0 Å². The van der Waals surface area contributed by atoms with Crippen molar-refractivity contribution >= 4 is 27.5 Å². The molecule has 4 heteroatoms. The van der Waals surface area contributed by atoms with E-state index in [-0.39, 0.29) is 5.91 Å². The van der Waals surface area contributed by atoms with Gasteiger partial charge in [0.1, 0.15) is 0 Å². The van der Waals surface area contributed by atoms with E-state index in [0.29, 0.717) is 11.5 Å². The first kappa shape index (κ1) is 17.9. The molecule has 1 fully saturated rings. The molecule has 1 aliphatic rings. The van der Waals surface area contributed by atoms with Gasteiger partial charge in [-0.15, -0.1) is 0 Å². The molecule has 3 nitrogen and oxygen atoms in total. The van der Waals surface area contributed by atoms with Gasteiger partial charge in [0.05, 0.1) is 11.3 Å². The highest BCUT2D eigenvalue weighted by atomic mass is 79.9. The van der Waals surface area contributed by atoms with Crippen molar-refractivity contribution in [3.05, 3.63) is 69.7 Å². The SMILES string of the molecule is CC(=NNC(=O)c1ccccc1Br)c1ccc(C2CCCCC2)cc1. The number of rotatable bonds is 4. The molecule has 1 aliphatic carbocycles. The van der Waals surface area contributed by atoms with Crippen molar-refractivity contribution in [1.82, 2.24) is 5.43 Å². The van der Waals surface area contributed by atoms with Gasteiger partial charge in [0.2, 0.25) is 0 Å². The Balaban J connectivity index is 1.66. The smallest absolute Gasteiger partial charge is 0.267 e. The second kappa shape index (κ2) is 8.43. The molecular formula is C21H23BrN2O. The molecule has 1 N–H and O–H groups in total. The Morgan fingerprint density at radius 1 is 1.04 bits per heavy atom. The molecule has 0 spiro atoms. The summed E-state index contributed by atoms with van der Waals surface area (Å²) in [5.74, 6) is 0.487. The summed E-state index contributed by atoms with van der Waals surface area (Å²) in [5.41, 5.74) is 6.47. The molecule has 3 rings (SSSR count). The van der Waals surface area contributed by atoms with Crippen molar-refractivity contribution in [1.29, 1.82) is 0 Å². The molecule has 0 unspecified atom stereocenters. The minimum Gasteiger partial charge on any atom is -0.267 e. The summed E-state index contributed by atoms with van der Waals surface area (Å²) in [4.78, 5) is 12.2. The van der Waals surface area contributed by atoms with E-state index in [1.165, 1.54) is 37.7 Å². The molecule has 1 saturated carbocycles. The third kappa shape index (κ3) is 4.57. The fraction of sp³-hybridized carbons (Fsp3) is 0.333. The number of carbonyl (C=O) groups is 1. The molecule has 0 radical (unpaired) electrons. The van der Waals surface area contributed by atoms with Crippen molar-refractivity contribution < 1.29 is 4.79 Å². The zero-order valence-electron chi connectivity index (χ0n) is 14.5. The number of hydrogen-bond acceptors (Lipinski definition) is 2. The highest BCUT2D eigenvalue weighted by Gasteiger charge is 2.15. The molecule has 130 valence electrons. The fourth-order valence-corrected chi connectivity index (χ4v) is 3.80. The Morgan fingerprint density at radius 3 is 2.40 bits per heavy atom. The van der Waals surface area contributed by atoms with Crippen LogP contribution in [-0.4, -0.2) is 11.6 Å². The predicted octanol–water partition coefficient (Wildman–Crippen LogP) is 5.65. The van der Waals surface area contributed by atoms with Crippen molar-refractivity contribution in [2.45, 2.75) is 44.9 Å². The van der Waals surface area contributed by atoms with Crippen LogP contribution in [0.3, 0.4) is 0 Å². The number of benzene rings is 2. The van der Waals surface area contributed by atoms with Crippen LogP contribution in [0.1, 0.15) is 66.4 Å². The van der Waals surface area contributed by atoms with E-state index in [9.17, 15) is 4.79 Å². The van der Waals surface area contributed by atoms with Gasteiger partial charge in [-0.05, 0) is 64.9 Å². The van der Waals surface area contributed by atoms with Gasteiger partial charge in [0, 0.05) is 4.47 Å². The van der Waals surface area contributed by atoms with Crippen LogP contribution in [0.5, 0.6) is 0 Å². The minimum atomic E-state index is -0.217. The van der Waals surface area contributed by atoms with Crippen LogP contribution >= 0.6 is 15.9 Å². The van der Waals surface area contributed by atoms with Crippen molar-refractivity contribution in [3.63, 3.8) is 0 Å². The van der Waals surface area contributed by atoms with Gasteiger partial charge in [-0.25, -0.2) is 5.43 Å². The number of amides is 1. The molecule has 2 aromatic carbocycles. The van der Waals surface area contributed by atoms with Crippen molar-refractivity contribution in [2.24, 2.45) is 5.10 Å². The zero-order valence-corrected chi connectivity index (χ0v) is 16.1. The lowest BCUT2D eigenvalue weighted by Gasteiger charge is -2.22. The average molecular weight is 399 g/mol. The Labute approximate surface area is 157 Å². The van der Waals surface area contributed by atoms with Crippen molar-refractivity contribution in [3.8, 4) is 0 Å². The molecule has 0 bridgehead atoms. The van der Waals surface area contributed by atoms with Crippen LogP contribution in [0.25, 0.3) is 0 Å². The van der Waals surface area contributed by atoms with Gasteiger partial charge < -0.3 is 0 Å². The summed E-state index contributed by atoms with van der Waals surface area (Å²) < 4.78 is 0.761. The van der Waals surface area contributed by atoms with Crippen LogP contribution in [-0.2, 0) is 0 Å². The number of hydrogen-bond donors (Lipinski definition) is 1. The molecule has 0 aliphatic heterocycles. The van der Waals surface area contributed by atoms with Gasteiger partial charge in [-0.3, -0.25) is 4.79 Å². The number of nitrogens with one attached hydrogen (secondary N) is 1. The summed E-state index contributed by atoms with van der Waals surface area (Å²) in [6.07, 6.45) is 6.66. The molecule has 0 heterocycles. The van der Waals surface area contributed by atoms with Crippen LogP contribution in [0.2, 0.25) is 0 Å². The molecular weight excluding hydrogens is 376 g/mol. The van der Waals surface area contributed by atoms with E-state index in [1.807, 2.05) is 25.1 Å². The largest absolute Gasteiger partial charge is 0.272 e. The molecule has 1 amide bonds. The first-order chi connectivity index (χ1) is 12.1. The maximum atomic E-state index is 12.2. The lowest BCUT2D eigenvalue weighted by atomic mass is 9.84. The van der Waals surface area contributed by atoms with E-state index in [2.05, 4.69) is 50.7 Å². The monoisotopic (exact) mass is 398 g/mol. The predicted molar refractivity (Wildman–Crippen MR) is 106 cm³/mol. The first-order valence-electron chi connectivity index (χ1n) is 8.84. The molecule has 0 saturated heterocycles. The van der Waals surface area contributed by atoms with Crippen molar-refractivity contribution in [2.75, 3.05) is 0 Å². The normalized spacial score (nSPS) is 15.8. The first-order valence-corrected chi connectivity index (χ1v) is 9.64. The lowest BCUT2D eigenvalue weighted by molar-refractivity contribution is 0.0954. The number of halogens is 1. The molecule has 25 heavy (non-hydrogen) atoms. The topological polar surface area (TPSA) is 41.5 Å². The van der Waals surface area contributed by atoms with E-state index in [1.54, 1.807) is 6.07 Å².